The molecule has 6 nitrogen and oxygen atoms in total. The SMILES string of the molecule is CC(C)(C)C(N)C(Oc1cccc(F)c1)c1cccs1.O=C(O)C(=O)O. The summed E-state index contributed by atoms with van der Waals surface area (Å²) in [6.07, 6.45) is -0.281. The molecule has 2 atom stereocenters. The van der Waals surface area contributed by atoms with Gasteiger partial charge in [-0.15, -0.1) is 11.3 Å². The normalized spacial score (nSPS) is 13.1. The van der Waals surface area contributed by atoms with Gasteiger partial charge < -0.3 is 20.7 Å². The van der Waals surface area contributed by atoms with E-state index in [1.807, 2.05) is 17.5 Å². The highest BCUT2D eigenvalue weighted by atomic mass is 32.1. The summed E-state index contributed by atoms with van der Waals surface area (Å²) in [5.41, 5.74) is 6.25. The van der Waals surface area contributed by atoms with E-state index in [0.29, 0.717) is 5.75 Å². The first-order valence-corrected chi connectivity index (χ1v) is 8.57. The lowest BCUT2D eigenvalue weighted by atomic mass is 9.83. The number of hydrogen-bond acceptors (Lipinski definition) is 5. The van der Waals surface area contributed by atoms with Crippen molar-refractivity contribution in [1.29, 1.82) is 0 Å². The second-order valence-corrected chi connectivity index (χ2v) is 7.49. The van der Waals surface area contributed by atoms with E-state index in [-0.39, 0.29) is 23.4 Å². The van der Waals surface area contributed by atoms with Crippen LogP contribution in [0.5, 0.6) is 5.75 Å². The van der Waals surface area contributed by atoms with Gasteiger partial charge in [-0.2, -0.15) is 0 Å². The Morgan fingerprint density at radius 3 is 2.19 bits per heavy atom. The summed E-state index contributed by atoms with van der Waals surface area (Å²) >= 11 is 1.60. The van der Waals surface area contributed by atoms with Gasteiger partial charge in [0.2, 0.25) is 0 Å². The lowest BCUT2D eigenvalue weighted by Gasteiger charge is -2.33. The molecule has 0 aliphatic heterocycles. The Balaban J connectivity index is 0.000000487. The number of nitrogens with two attached hydrogens (primary N) is 1. The summed E-state index contributed by atoms with van der Waals surface area (Å²) in [6.45, 7) is 6.23. The molecule has 0 saturated heterocycles. The van der Waals surface area contributed by atoms with Crippen molar-refractivity contribution in [1.82, 2.24) is 0 Å². The maximum absolute atomic E-state index is 13.3. The molecule has 2 rings (SSSR count). The van der Waals surface area contributed by atoms with Crippen LogP contribution in [0.2, 0.25) is 0 Å². The molecule has 26 heavy (non-hydrogen) atoms. The third-order valence-electron chi connectivity index (χ3n) is 3.39. The first kappa shape index (κ1) is 21.6. The third kappa shape index (κ3) is 6.81. The van der Waals surface area contributed by atoms with Gasteiger partial charge in [0, 0.05) is 10.9 Å². The molecule has 0 fully saturated rings. The third-order valence-corrected chi connectivity index (χ3v) is 4.33. The van der Waals surface area contributed by atoms with Crippen molar-refractivity contribution < 1.29 is 28.9 Å². The molecule has 8 heteroatoms. The van der Waals surface area contributed by atoms with E-state index >= 15 is 0 Å². The van der Waals surface area contributed by atoms with E-state index in [2.05, 4.69) is 20.8 Å². The van der Waals surface area contributed by atoms with Crippen LogP contribution in [0.1, 0.15) is 31.8 Å². The van der Waals surface area contributed by atoms with Gasteiger partial charge in [0.05, 0.1) is 6.04 Å². The van der Waals surface area contributed by atoms with Crippen molar-refractivity contribution >= 4 is 23.3 Å². The molecule has 142 valence electrons. The molecule has 2 aromatic rings. The van der Waals surface area contributed by atoms with Crippen LogP contribution in [0.25, 0.3) is 0 Å². The van der Waals surface area contributed by atoms with Crippen molar-refractivity contribution in [2.45, 2.75) is 32.9 Å². The van der Waals surface area contributed by atoms with Crippen LogP contribution in [-0.2, 0) is 9.59 Å². The number of aliphatic carboxylic acids is 2. The Bertz CT molecular complexity index is 715. The number of carboxylic acid groups (broad SMARTS) is 2. The highest BCUT2D eigenvalue weighted by Crippen LogP contribution is 2.34. The number of ether oxygens (including phenoxy) is 1. The number of carbonyl (C=O) groups is 2. The number of hydrogen-bond donors (Lipinski definition) is 3. The molecular weight excluding hydrogens is 361 g/mol. The quantitative estimate of drug-likeness (QED) is 0.697. The molecular formula is C18H22FNO5S. The second kappa shape index (κ2) is 9.30. The monoisotopic (exact) mass is 383 g/mol. The second-order valence-electron chi connectivity index (χ2n) is 6.51. The standard InChI is InChI=1S/C16H20FNOS.C2H2O4/c1-16(2,3)15(18)14(13-8-5-9-20-13)19-12-7-4-6-11(17)10-12;3-1(4)2(5)6/h4-10,14-15H,18H2,1-3H3;(H,3,4)(H,5,6). The summed E-state index contributed by atoms with van der Waals surface area (Å²) in [5.74, 6) is -3.45. The van der Waals surface area contributed by atoms with Crippen molar-refractivity contribution in [2.75, 3.05) is 0 Å². The zero-order valence-electron chi connectivity index (χ0n) is 14.7. The van der Waals surface area contributed by atoms with E-state index in [0.717, 1.165) is 4.88 Å². The molecule has 0 bridgehead atoms. The highest BCUT2D eigenvalue weighted by Gasteiger charge is 2.32. The maximum Gasteiger partial charge on any atom is 0.414 e. The molecule has 1 aromatic carbocycles. The molecule has 0 aliphatic rings. The van der Waals surface area contributed by atoms with Gasteiger partial charge in [0.1, 0.15) is 17.7 Å². The van der Waals surface area contributed by atoms with Crippen molar-refractivity contribution in [3.63, 3.8) is 0 Å². The molecule has 2 unspecified atom stereocenters. The van der Waals surface area contributed by atoms with Crippen LogP contribution in [-0.4, -0.2) is 28.2 Å². The first-order chi connectivity index (χ1) is 12.0. The van der Waals surface area contributed by atoms with Gasteiger partial charge in [-0.25, -0.2) is 14.0 Å². The summed E-state index contributed by atoms with van der Waals surface area (Å²) in [5, 5.41) is 16.8. The Hall–Kier alpha value is -2.45. The van der Waals surface area contributed by atoms with Crippen LogP contribution in [0.4, 0.5) is 4.39 Å². The molecule has 0 aliphatic carbocycles. The molecule has 1 aromatic heterocycles. The van der Waals surface area contributed by atoms with Crippen LogP contribution in [0.15, 0.2) is 41.8 Å². The van der Waals surface area contributed by atoms with Gasteiger partial charge in [-0.3, -0.25) is 0 Å². The van der Waals surface area contributed by atoms with E-state index in [9.17, 15) is 4.39 Å². The zero-order valence-corrected chi connectivity index (χ0v) is 15.5. The minimum Gasteiger partial charge on any atom is -0.483 e. The minimum absolute atomic E-state index is 0.109. The Labute approximate surface area is 155 Å². The van der Waals surface area contributed by atoms with Crippen LogP contribution < -0.4 is 10.5 Å². The van der Waals surface area contributed by atoms with E-state index in [4.69, 9.17) is 30.3 Å². The van der Waals surface area contributed by atoms with E-state index < -0.39 is 11.9 Å². The molecule has 0 spiro atoms. The summed E-state index contributed by atoms with van der Waals surface area (Å²) in [6, 6.07) is 9.95. The van der Waals surface area contributed by atoms with Gasteiger partial charge in [-0.1, -0.05) is 32.9 Å². The molecule has 0 saturated carbocycles. The zero-order chi connectivity index (χ0) is 19.9. The fourth-order valence-electron chi connectivity index (χ4n) is 1.90. The molecule has 0 amide bonds. The summed E-state index contributed by atoms with van der Waals surface area (Å²) < 4.78 is 19.3. The van der Waals surface area contributed by atoms with Gasteiger partial charge in [0.15, 0.2) is 0 Å². The van der Waals surface area contributed by atoms with Gasteiger partial charge >= 0.3 is 11.9 Å². The maximum atomic E-state index is 13.3. The van der Waals surface area contributed by atoms with Crippen LogP contribution in [0, 0.1) is 11.2 Å². The Kier molecular flexibility index (Phi) is 7.73. The van der Waals surface area contributed by atoms with Gasteiger partial charge in [0.25, 0.3) is 0 Å². The predicted molar refractivity (Wildman–Crippen MR) is 96.8 cm³/mol. The topological polar surface area (TPSA) is 110 Å². The fourth-order valence-corrected chi connectivity index (χ4v) is 2.70. The number of rotatable bonds is 4. The van der Waals surface area contributed by atoms with Crippen LogP contribution >= 0.6 is 11.3 Å². The van der Waals surface area contributed by atoms with E-state index in [1.165, 1.54) is 12.1 Å². The number of carboxylic acids is 2. The number of benzene rings is 1. The lowest BCUT2D eigenvalue weighted by molar-refractivity contribution is -0.159. The average Bonchev–Trinajstić information content (AvgIpc) is 3.06. The predicted octanol–water partition coefficient (Wildman–Crippen LogP) is 3.54. The minimum atomic E-state index is -1.82. The Morgan fingerprint density at radius 2 is 1.77 bits per heavy atom. The average molecular weight is 383 g/mol. The van der Waals surface area contributed by atoms with Crippen LogP contribution in [0.3, 0.4) is 0 Å². The lowest BCUT2D eigenvalue weighted by Crippen LogP contribution is -2.42. The fraction of sp³-hybridized carbons (Fsp3) is 0.333. The smallest absolute Gasteiger partial charge is 0.414 e. The van der Waals surface area contributed by atoms with Gasteiger partial charge in [-0.05, 0) is 29.0 Å². The first-order valence-electron chi connectivity index (χ1n) is 7.69. The van der Waals surface area contributed by atoms with Crippen molar-refractivity contribution in [3.8, 4) is 5.75 Å². The summed E-state index contributed by atoms with van der Waals surface area (Å²) in [7, 11) is 0. The Morgan fingerprint density at radius 1 is 1.15 bits per heavy atom. The number of thiophene rings is 1. The highest BCUT2D eigenvalue weighted by molar-refractivity contribution is 7.10. The molecule has 0 radical (unpaired) electrons. The van der Waals surface area contributed by atoms with E-state index in [1.54, 1.807) is 23.5 Å². The summed E-state index contributed by atoms with van der Waals surface area (Å²) in [4.78, 5) is 19.3. The van der Waals surface area contributed by atoms with Crippen molar-refractivity contribution in [3.05, 3.63) is 52.5 Å². The largest absolute Gasteiger partial charge is 0.483 e. The number of halogens is 1. The molecule has 1 heterocycles. The molecule has 4 N–H and O–H groups in total. The van der Waals surface area contributed by atoms with Crippen molar-refractivity contribution in [2.24, 2.45) is 11.1 Å².